The average molecular weight is 476 g/mol. The number of ether oxygens (including phenoxy) is 2. The fourth-order valence-corrected chi connectivity index (χ4v) is 4.34. The van der Waals surface area contributed by atoms with Crippen molar-refractivity contribution in [1.82, 2.24) is 5.32 Å². The fourth-order valence-electron chi connectivity index (χ4n) is 4.34. The van der Waals surface area contributed by atoms with Crippen LogP contribution in [0.4, 0.5) is 8.78 Å². The van der Waals surface area contributed by atoms with Crippen molar-refractivity contribution in [3.8, 4) is 0 Å². The number of aliphatic hydroxyl groups excluding tert-OH is 2. The van der Waals surface area contributed by atoms with Crippen molar-refractivity contribution in [2.45, 2.75) is 69.7 Å². The number of aliphatic hydroxyl groups is 2. The molecule has 2 aromatic rings. The van der Waals surface area contributed by atoms with E-state index in [1.54, 1.807) is 0 Å². The molecule has 2 aromatic carbocycles. The molecule has 3 N–H and O–H groups in total. The van der Waals surface area contributed by atoms with Crippen molar-refractivity contribution < 1.29 is 33.3 Å². The lowest BCUT2D eigenvalue weighted by Gasteiger charge is -2.44. The summed E-state index contributed by atoms with van der Waals surface area (Å²) in [6.45, 7) is 2.37. The molecule has 0 radical (unpaired) electrons. The summed E-state index contributed by atoms with van der Waals surface area (Å²) in [6.07, 6.45) is -1.53. The van der Waals surface area contributed by atoms with Crippen LogP contribution >= 0.6 is 0 Å². The monoisotopic (exact) mass is 475 g/mol. The van der Waals surface area contributed by atoms with Crippen molar-refractivity contribution in [3.05, 3.63) is 70.8 Å². The lowest BCUT2D eigenvalue weighted by molar-refractivity contribution is -0.200. The summed E-state index contributed by atoms with van der Waals surface area (Å²) in [5.41, 5.74) is 0.609. The van der Waals surface area contributed by atoms with Gasteiger partial charge in [0.25, 0.3) is 5.91 Å². The minimum absolute atomic E-state index is 0.0175. The van der Waals surface area contributed by atoms with Gasteiger partial charge in [0.1, 0.15) is 17.7 Å². The largest absolute Gasteiger partial charge is 0.390 e. The second-order valence-corrected chi connectivity index (χ2v) is 9.48. The molecular formula is C26H31F2NO5. The molecule has 1 amide bonds. The Morgan fingerprint density at radius 3 is 2.62 bits per heavy atom. The Balaban J connectivity index is 1.52. The molecule has 2 fully saturated rings. The van der Waals surface area contributed by atoms with E-state index in [1.165, 1.54) is 6.07 Å². The molecule has 8 heteroatoms. The van der Waals surface area contributed by atoms with Gasteiger partial charge in [-0.05, 0) is 37.3 Å². The first-order chi connectivity index (χ1) is 16.3. The number of hydrogen-bond donors (Lipinski definition) is 3. The van der Waals surface area contributed by atoms with Crippen molar-refractivity contribution >= 4 is 5.91 Å². The van der Waals surface area contributed by atoms with Crippen LogP contribution in [0.2, 0.25) is 0 Å². The number of nitrogens with one attached hydrogen (secondary N) is 1. The zero-order chi connectivity index (χ0) is 24.3. The Morgan fingerprint density at radius 2 is 1.91 bits per heavy atom. The Labute approximate surface area is 197 Å². The highest BCUT2D eigenvalue weighted by Crippen LogP contribution is 2.36. The normalized spacial score (nSPS) is 26.9. The number of halogens is 2. The van der Waals surface area contributed by atoms with Gasteiger partial charge in [0.05, 0.1) is 25.4 Å². The molecule has 4 atom stereocenters. The van der Waals surface area contributed by atoms with Crippen LogP contribution in [0.25, 0.3) is 0 Å². The Kier molecular flexibility index (Phi) is 7.62. The summed E-state index contributed by atoms with van der Waals surface area (Å²) >= 11 is 0. The molecule has 0 heterocycles. The third-order valence-corrected chi connectivity index (χ3v) is 6.57. The third kappa shape index (κ3) is 5.99. The van der Waals surface area contributed by atoms with E-state index in [-0.39, 0.29) is 37.5 Å². The van der Waals surface area contributed by atoms with Crippen LogP contribution in [-0.4, -0.2) is 46.6 Å². The second kappa shape index (κ2) is 10.5. The van der Waals surface area contributed by atoms with Gasteiger partial charge in [-0.15, -0.1) is 0 Å². The SMILES string of the molecule is Cc1cccc(CO[C@@]2(C(=O)NCC3CC3)C[C@@H](O)[C@@H](O)[C@@H](OCc3ccc(F)cc3F)C2)c1. The molecule has 2 saturated carbocycles. The summed E-state index contributed by atoms with van der Waals surface area (Å²) in [4.78, 5) is 13.3. The first-order valence-corrected chi connectivity index (χ1v) is 11.7. The maximum Gasteiger partial charge on any atom is 0.252 e. The van der Waals surface area contributed by atoms with Gasteiger partial charge in [-0.25, -0.2) is 8.78 Å². The predicted octanol–water partition coefficient (Wildman–Crippen LogP) is 3.16. The molecule has 0 saturated heterocycles. The quantitative estimate of drug-likeness (QED) is 0.519. The molecule has 34 heavy (non-hydrogen) atoms. The lowest BCUT2D eigenvalue weighted by Crippen LogP contribution is -2.60. The predicted molar refractivity (Wildman–Crippen MR) is 121 cm³/mol. The molecule has 0 spiro atoms. The molecule has 184 valence electrons. The Hall–Kier alpha value is -2.39. The van der Waals surface area contributed by atoms with Crippen LogP contribution in [0.3, 0.4) is 0 Å². The fraction of sp³-hybridized carbons (Fsp3) is 0.500. The summed E-state index contributed by atoms with van der Waals surface area (Å²) in [7, 11) is 0. The Bertz CT molecular complexity index is 1010. The standard InChI is InChI=1S/C26H31F2NO5/c1-16-3-2-4-18(9-16)14-34-26(25(32)29-13-17-5-6-17)11-22(30)24(31)23(12-26)33-15-19-7-8-20(27)10-21(19)28/h2-4,7-10,17,22-24,30-31H,5-6,11-15H2,1H3,(H,29,32)/t22-,23+,24-,26+/m1/s1. The highest BCUT2D eigenvalue weighted by molar-refractivity contribution is 5.85. The molecule has 4 rings (SSSR count). The van der Waals surface area contributed by atoms with Gasteiger partial charge in [0.2, 0.25) is 0 Å². The molecule has 0 aromatic heterocycles. The van der Waals surface area contributed by atoms with Crippen LogP contribution in [0.5, 0.6) is 0 Å². The highest BCUT2D eigenvalue weighted by Gasteiger charge is 2.51. The first kappa shape index (κ1) is 24.7. The molecule has 0 aliphatic heterocycles. The molecule has 0 bridgehead atoms. The summed E-state index contributed by atoms with van der Waals surface area (Å²) in [6, 6.07) is 10.8. The van der Waals surface area contributed by atoms with Crippen LogP contribution in [0.15, 0.2) is 42.5 Å². The number of benzene rings is 2. The first-order valence-electron chi connectivity index (χ1n) is 11.7. The summed E-state index contributed by atoms with van der Waals surface area (Å²) in [5, 5.41) is 24.1. The van der Waals surface area contributed by atoms with Crippen molar-refractivity contribution in [2.75, 3.05) is 6.54 Å². The van der Waals surface area contributed by atoms with E-state index in [0.29, 0.717) is 12.5 Å². The van der Waals surface area contributed by atoms with Gasteiger partial charge in [-0.1, -0.05) is 35.9 Å². The van der Waals surface area contributed by atoms with Gasteiger partial charge >= 0.3 is 0 Å². The highest BCUT2D eigenvalue weighted by atomic mass is 19.1. The topological polar surface area (TPSA) is 88.0 Å². The number of hydrogen-bond acceptors (Lipinski definition) is 5. The molecule has 2 aliphatic carbocycles. The Morgan fingerprint density at radius 1 is 1.12 bits per heavy atom. The third-order valence-electron chi connectivity index (χ3n) is 6.57. The van der Waals surface area contributed by atoms with Gasteiger partial charge < -0.3 is 25.0 Å². The smallest absolute Gasteiger partial charge is 0.252 e. The number of carbonyl (C=O) groups excluding carboxylic acids is 1. The van der Waals surface area contributed by atoms with E-state index in [0.717, 1.165) is 36.1 Å². The maximum absolute atomic E-state index is 14.1. The minimum Gasteiger partial charge on any atom is -0.390 e. The molecule has 0 unspecified atom stereocenters. The average Bonchev–Trinajstić information content (AvgIpc) is 3.63. The number of carbonyl (C=O) groups is 1. The van der Waals surface area contributed by atoms with Crippen LogP contribution in [0.1, 0.15) is 42.4 Å². The van der Waals surface area contributed by atoms with Gasteiger partial charge in [0.15, 0.2) is 5.60 Å². The van der Waals surface area contributed by atoms with Crippen LogP contribution in [0, 0.1) is 24.5 Å². The zero-order valence-electron chi connectivity index (χ0n) is 19.2. The number of rotatable bonds is 9. The maximum atomic E-state index is 14.1. The van der Waals surface area contributed by atoms with E-state index < -0.39 is 35.5 Å². The number of amides is 1. The van der Waals surface area contributed by atoms with E-state index in [4.69, 9.17) is 9.47 Å². The van der Waals surface area contributed by atoms with Crippen LogP contribution in [-0.2, 0) is 27.5 Å². The molecular weight excluding hydrogens is 444 g/mol. The summed E-state index contributed by atoms with van der Waals surface area (Å²) in [5.74, 6) is -1.38. The van der Waals surface area contributed by atoms with Crippen molar-refractivity contribution in [2.24, 2.45) is 5.92 Å². The van der Waals surface area contributed by atoms with Gasteiger partial charge in [0, 0.05) is 31.0 Å². The zero-order valence-corrected chi connectivity index (χ0v) is 19.2. The van der Waals surface area contributed by atoms with Crippen LogP contribution < -0.4 is 5.32 Å². The van der Waals surface area contributed by atoms with E-state index in [2.05, 4.69) is 5.32 Å². The van der Waals surface area contributed by atoms with E-state index in [9.17, 15) is 23.8 Å². The molecule has 6 nitrogen and oxygen atoms in total. The van der Waals surface area contributed by atoms with Gasteiger partial charge in [-0.2, -0.15) is 0 Å². The summed E-state index contributed by atoms with van der Waals surface area (Å²) < 4.78 is 39.2. The molecule has 2 aliphatic rings. The lowest BCUT2D eigenvalue weighted by atomic mass is 9.78. The van der Waals surface area contributed by atoms with Gasteiger partial charge in [-0.3, -0.25) is 4.79 Å². The second-order valence-electron chi connectivity index (χ2n) is 9.48. The van der Waals surface area contributed by atoms with E-state index in [1.807, 2.05) is 31.2 Å². The van der Waals surface area contributed by atoms with Crippen molar-refractivity contribution in [1.29, 1.82) is 0 Å². The van der Waals surface area contributed by atoms with Crippen molar-refractivity contribution in [3.63, 3.8) is 0 Å². The number of aryl methyl sites for hydroxylation is 1. The van der Waals surface area contributed by atoms with E-state index >= 15 is 0 Å². The minimum atomic E-state index is -1.43.